The van der Waals surface area contributed by atoms with E-state index in [1.807, 2.05) is 0 Å². The molecule has 0 saturated carbocycles. The molecule has 0 amide bonds. The van der Waals surface area contributed by atoms with E-state index in [4.69, 9.17) is 15.9 Å². The van der Waals surface area contributed by atoms with Gasteiger partial charge in [0.15, 0.2) is 5.78 Å². The minimum Gasteiger partial charge on any atom is -0.391 e. The lowest BCUT2D eigenvalue weighted by Crippen LogP contribution is -2.52. The maximum atomic E-state index is 11.0. The molecule has 0 aromatic heterocycles. The van der Waals surface area contributed by atoms with E-state index in [9.17, 15) is 14.7 Å². The van der Waals surface area contributed by atoms with Crippen molar-refractivity contribution in [3.05, 3.63) is 0 Å². The van der Waals surface area contributed by atoms with Crippen molar-refractivity contribution in [3.63, 3.8) is 0 Å². The first-order valence-corrected chi connectivity index (χ1v) is 4.13. The van der Waals surface area contributed by atoms with Crippen LogP contribution in [0.5, 0.6) is 0 Å². The van der Waals surface area contributed by atoms with Crippen molar-refractivity contribution in [1.82, 2.24) is 0 Å². The number of aliphatic hydroxyl groups excluding tert-OH is 3. The topological polar surface area (TPSA) is 121 Å². The van der Waals surface area contributed by atoms with Crippen molar-refractivity contribution >= 4 is 11.6 Å². The highest BCUT2D eigenvalue weighted by Crippen LogP contribution is 2.04. The van der Waals surface area contributed by atoms with Crippen LogP contribution in [-0.4, -0.2) is 51.2 Å². The van der Waals surface area contributed by atoms with E-state index in [0.717, 1.165) is 6.92 Å². The molecule has 6 nitrogen and oxygen atoms in total. The van der Waals surface area contributed by atoms with Gasteiger partial charge in [0.2, 0.25) is 5.78 Å². The quantitative estimate of drug-likeness (QED) is 0.370. The Labute approximate surface area is 81.3 Å². The molecule has 0 fully saturated rings. The van der Waals surface area contributed by atoms with Crippen LogP contribution in [0.1, 0.15) is 13.8 Å². The fourth-order valence-electron chi connectivity index (χ4n) is 0.888. The molecule has 0 aromatic rings. The summed E-state index contributed by atoms with van der Waals surface area (Å²) in [5.74, 6) is -1.77. The first-order chi connectivity index (χ1) is 6.29. The molecule has 4 atom stereocenters. The number of aliphatic hydroxyl groups is 3. The van der Waals surface area contributed by atoms with Gasteiger partial charge in [0.05, 0.1) is 6.10 Å². The van der Waals surface area contributed by atoms with Crippen molar-refractivity contribution in [2.75, 3.05) is 0 Å². The van der Waals surface area contributed by atoms with Crippen molar-refractivity contribution in [3.8, 4) is 0 Å². The van der Waals surface area contributed by atoms with Gasteiger partial charge in [-0.15, -0.1) is 0 Å². The lowest BCUT2D eigenvalue weighted by Gasteiger charge is -2.23. The summed E-state index contributed by atoms with van der Waals surface area (Å²) in [6.45, 7) is 2.25. The van der Waals surface area contributed by atoms with Gasteiger partial charge in [0.1, 0.15) is 18.2 Å². The molecule has 0 saturated heterocycles. The smallest absolute Gasteiger partial charge is 0.217 e. The molecule has 0 unspecified atom stereocenters. The number of hydrogen-bond donors (Lipinski definition) is 4. The highest BCUT2D eigenvalue weighted by Gasteiger charge is 2.32. The Hall–Kier alpha value is -0.820. The summed E-state index contributed by atoms with van der Waals surface area (Å²) in [6.07, 6.45) is -4.42. The van der Waals surface area contributed by atoms with Crippen LogP contribution in [0.25, 0.3) is 0 Å². The Morgan fingerprint density at radius 1 is 1.14 bits per heavy atom. The molecule has 0 bridgehead atoms. The third-order valence-electron chi connectivity index (χ3n) is 1.86. The van der Waals surface area contributed by atoms with Crippen LogP contribution in [0.3, 0.4) is 0 Å². The monoisotopic (exact) mass is 205 g/mol. The molecule has 0 radical (unpaired) electrons. The lowest BCUT2D eigenvalue weighted by atomic mass is 9.98. The molecule has 5 N–H and O–H groups in total. The second kappa shape index (κ2) is 5.16. The Bertz CT molecular complexity index is 228. The van der Waals surface area contributed by atoms with Crippen LogP contribution in [0, 0.1) is 0 Å². The molecular formula is C8H15NO5. The van der Waals surface area contributed by atoms with E-state index in [2.05, 4.69) is 0 Å². The minimum atomic E-state index is -1.65. The van der Waals surface area contributed by atoms with Gasteiger partial charge >= 0.3 is 0 Å². The molecule has 0 heterocycles. The predicted molar refractivity (Wildman–Crippen MR) is 47.4 cm³/mol. The number of nitrogens with two attached hydrogens (primary N) is 1. The van der Waals surface area contributed by atoms with Gasteiger partial charge in [-0.2, -0.15) is 0 Å². The van der Waals surface area contributed by atoms with Gasteiger partial charge < -0.3 is 21.1 Å². The second-order valence-electron chi connectivity index (χ2n) is 3.17. The van der Waals surface area contributed by atoms with Crippen LogP contribution in [-0.2, 0) is 9.59 Å². The normalized spacial score (nSPS) is 19.6. The second-order valence-corrected chi connectivity index (χ2v) is 3.17. The van der Waals surface area contributed by atoms with Crippen LogP contribution in [0.15, 0.2) is 0 Å². The first kappa shape index (κ1) is 13.2. The summed E-state index contributed by atoms with van der Waals surface area (Å²) in [4.78, 5) is 21.6. The van der Waals surface area contributed by atoms with E-state index in [0.29, 0.717) is 0 Å². The van der Waals surface area contributed by atoms with Gasteiger partial charge in [-0.1, -0.05) is 0 Å². The molecule has 82 valence electrons. The van der Waals surface area contributed by atoms with E-state index < -0.39 is 35.9 Å². The van der Waals surface area contributed by atoms with Crippen LogP contribution in [0.2, 0.25) is 0 Å². The summed E-state index contributed by atoms with van der Waals surface area (Å²) < 4.78 is 0. The molecule has 0 spiro atoms. The van der Waals surface area contributed by atoms with E-state index >= 15 is 0 Å². The van der Waals surface area contributed by atoms with Crippen molar-refractivity contribution in [1.29, 1.82) is 0 Å². The zero-order chi connectivity index (χ0) is 11.5. The summed E-state index contributed by atoms with van der Waals surface area (Å²) in [5, 5.41) is 27.3. The molecular weight excluding hydrogens is 190 g/mol. The lowest BCUT2D eigenvalue weighted by molar-refractivity contribution is -0.140. The zero-order valence-electron chi connectivity index (χ0n) is 8.04. The Balaban J connectivity index is 4.46. The zero-order valence-corrected chi connectivity index (χ0v) is 8.04. The SMILES string of the molecule is CC(=O)C(=O)[C@H](N)[C@@H](O)[C@H](O)[C@@H](C)O. The molecule has 0 aromatic carbocycles. The van der Waals surface area contributed by atoms with Crippen molar-refractivity contribution in [2.45, 2.75) is 38.2 Å². The number of ketones is 2. The number of rotatable bonds is 5. The number of hydrogen-bond acceptors (Lipinski definition) is 6. The molecule has 0 rings (SSSR count). The summed E-state index contributed by atoms with van der Waals surface area (Å²) >= 11 is 0. The summed E-state index contributed by atoms with van der Waals surface area (Å²) in [5.41, 5.74) is 5.21. The Kier molecular flexibility index (Phi) is 4.86. The highest BCUT2D eigenvalue weighted by molar-refractivity contribution is 6.38. The average Bonchev–Trinajstić information content (AvgIpc) is 2.12. The largest absolute Gasteiger partial charge is 0.391 e. The number of carbonyl (C=O) groups is 2. The standard InChI is InChI=1S/C8H15NO5/c1-3(10)6(12)5(9)8(14)7(13)4(2)11/h4-5,7-8,11,13-14H,9H2,1-2H3/t4-,5+,7-,8-/m1/s1. The van der Waals surface area contributed by atoms with Crippen molar-refractivity contribution in [2.24, 2.45) is 5.73 Å². The summed E-state index contributed by atoms with van der Waals surface area (Å²) in [6, 6.07) is -1.50. The maximum absolute atomic E-state index is 11.0. The predicted octanol–water partition coefficient (Wildman–Crippen LogP) is -2.43. The fraction of sp³-hybridized carbons (Fsp3) is 0.750. The number of carbonyl (C=O) groups excluding carboxylic acids is 2. The van der Waals surface area contributed by atoms with Crippen LogP contribution in [0.4, 0.5) is 0 Å². The van der Waals surface area contributed by atoms with Gasteiger partial charge in [0, 0.05) is 6.92 Å². The average molecular weight is 205 g/mol. The minimum absolute atomic E-state index is 0.797. The van der Waals surface area contributed by atoms with E-state index in [1.54, 1.807) is 0 Å². The highest BCUT2D eigenvalue weighted by atomic mass is 16.4. The van der Waals surface area contributed by atoms with Gasteiger partial charge in [-0.3, -0.25) is 9.59 Å². The Morgan fingerprint density at radius 2 is 1.57 bits per heavy atom. The van der Waals surface area contributed by atoms with Crippen LogP contribution < -0.4 is 5.73 Å². The molecule has 0 aliphatic carbocycles. The van der Waals surface area contributed by atoms with E-state index in [-0.39, 0.29) is 0 Å². The van der Waals surface area contributed by atoms with Gasteiger partial charge in [0.25, 0.3) is 0 Å². The molecule has 0 aliphatic heterocycles. The molecule has 14 heavy (non-hydrogen) atoms. The molecule has 6 heteroatoms. The van der Waals surface area contributed by atoms with Gasteiger partial charge in [-0.25, -0.2) is 0 Å². The van der Waals surface area contributed by atoms with Crippen molar-refractivity contribution < 1.29 is 24.9 Å². The van der Waals surface area contributed by atoms with E-state index in [1.165, 1.54) is 6.92 Å². The first-order valence-electron chi connectivity index (χ1n) is 4.13. The molecule has 0 aliphatic rings. The third-order valence-corrected chi connectivity index (χ3v) is 1.86. The fourth-order valence-corrected chi connectivity index (χ4v) is 0.888. The Morgan fingerprint density at radius 3 is 1.86 bits per heavy atom. The van der Waals surface area contributed by atoms with Crippen LogP contribution >= 0.6 is 0 Å². The number of Topliss-reactive ketones (excluding diaryl/α,β-unsaturated/α-hetero) is 2. The summed E-state index contributed by atoms with van der Waals surface area (Å²) in [7, 11) is 0. The van der Waals surface area contributed by atoms with Gasteiger partial charge in [-0.05, 0) is 6.92 Å². The third kappa shape index (κ3) is 3.15. The maximum Gasteiger partial charge on any atom is 0.217 e.